The Morgan fingerprint density at radius 3 is 2.54 bits per heavy atom. The lowest BCUT2D eigenvalue weighted by Crippen LogP contribution is -2.26. The Balaban J connectivity index is 2.33. The van der Waals surface area contributed by atoms with E-state index in [2.05, 4.69) is 10.0 Å². The molecule has 0 spiro atoms. The van der Waals surface area contributed by atoms with Gasteiger partial charge in [0.2, 0.25) is 0 Å². The lowest BCUT2D eigenvalue weighted by atomic mass is 10.1. The minimum absolute atomic E-state index is 0.0423. The first-order chi connectivity index (χ1) is 11.3. The van der Waals surface area contributed by atoms with Crippen molar-refractivity contribution in [2.45, 2.75) is 18.7 Å². The third-order valence-corrected chi connectivity index (χ3v) is 4.93. The summed E-state index contributed by atoms with van der Waals surface area (Å²) in [6.07, 6.45) is 0. The molecule has 0 saturated carbocycles. The number of anilines is 1. The average Bonchev–Trinajstić information content (AvgIpc) is 2.52. The fourth-order valence-corrected chi connectivity index (χ4v) is 3.54. The maximum absolute atomic E-state index is 12.6. The van der Waals surface area contributed by atoms with E-state index in [-0.39, 0.29) is 23.6 Å². The van der Waals surface area contributed by atoms with Gasteiger partial charge >= 0.3 is 0 Å². The van der Waals surface area contributed by atoms with Gasteiger partial charge in [0.1, 0.15) is 0 Å². The first-order valence-corrected chi connectivity index (χ1v) is 8.91. The van der Waals surface area contributed by atoms with Crippen LogP contribution in [0.3, 0.4) is 0 Å². The summed E-state index contributed by atoms with van der Waals surface area (Å²) in [6.45, 7) is 3.46. The van der Waals surface area contributed by atoms with E-state index in [0.29, 0.717) is 11.3 Å². The normalized spacial score (nSPS) is 11.1. The fraction of sp³-hybridized carbons (Fsp3) is 0.235. The van der Waals surface area contributed by atoms with E-state index < -0.39 is 15.9 Å². The standard InChI is InChI=1S/C17H20N2O4S/c1-12-4-3-5-15(10-12)19-24(22,23)16-11-14(7-6-13(16)2)17(21)18-8-9-20/h3-7,10-11,19-20H,8-9H2,1-2H3,(H,18,21). The number of amides is 1. The number of aryl methyl sites for hydroxylation is 2. The van der Waals surface area contributed by atoms with E-state index in [1.807, 2.05) is 13.0 Å². The van der Waals surface area contributed by atoms with Crippen molar-refractivity contribution in [2.24, 2.45) is 0 Å². The van der Waals surface area contributed by atoms with Crippen LogP contribution in [0, 0.1) is 13.8 Å². The molecule has 128 valence electrons. The minimum Gasteiger partial charge on any atom is -0.395 e. The van der Waals surface area contributed by atoms with Crippen LogP contribution in [0.1, 0.15) is 21.5 Å². The molecule has 7 heteroatoms. The van der Waals surface area contributed by atoms with Crippen LogP contribution in [0.25, 0.3) is 0 Å². The molecule has 0 aliphatic carbocycles. The van der Waals surface area contributed by atoms with Gasteiger partial charge in [-0.15, -0.1) is 0 Å². The van der Waals surface area contributed by atoms with Gasteiger partial charge in [0, 0.05) is 17.8 Å². The van der Waals surface area contributed by atoms with E-state index in [9.17, 15) is 13.2 Å². The first-order valence-electron chi connectivity index (χ1n) is 7.42. The summed E-state index contributed by atoms with van der Waals surface area (Å²) in [7, 11) is -3.82. The number of rotatable bonds is 6. The molecule has 0 atom stereocenters. The van der Waals surface area contributed by atoms with E-state index >= 15 is 0 Å². The van der Waals surface area contributed by atoms with Crippen molar-refractivity contribution < 1.29 is 18.3 Å². The Kier molecular flexibility index (Phi) is 5.58. The number of carbonyl (C=O) groups excluding carboxylic acids is 1. The summed E-state index contributed by atoms with van der Waals surface area (Å²) in [6, 6.07) is 11.5. The predicted octanol–water partition coefficient (Wildman–Crippen LogP) is 1.83. The summed E-state index contributed by atoms with van der Waals surface area (Å²) in [5.74, 6) is -0.434. The minimum atomic E-state index is -3.82. The number of sulfonamides is 1. The van der Waals surface area contributed by atoms with Crippen LogP contribution in [-0.4, -0.2) is 32.6 Å². The maximum Gasteiger partial charge on any atom is 0.262 e. The van der Waals surface area contributed by atoms with Crippen molar-refractivity contribution in [3.05, 3.63) is 59.2 Å². The molecule has 6 nitrogen and oxygen atoms in total. The maximum atomic E-state index is 12.6. The molecule has 0 saturated heterocycles. The van der Waals surface area contributed by atoms with Crippen LogP contribution in [-0.2, 0) is 10.0 Å². The van der Waals surface area contributed by atoms with Gasteiger partial charge in [0.25, 0.3) is 15.9 Å². The molecule has 24 heavy (non-hydrogen) atoms. The number of hydrogen-bond acceptors (Lipinski definition) is 4. The molecule has 0 aromatic heterocycles. The number of hydrogen-bond donors (Lipinski definition) is 3. The van der Waals surface area contributed by atoms with Gasteiger partial charge in [-0.25, -0.2) is 8.42 Å². The number of aliphatic hydroxyl groups is 1. The second-order valence-corrected chi connectivity index (χ2v) is 7.09. The molecule has 0 fully saturated rings. The highest BCUT2D eigenvalue weighted by Crippen LogP contribution is 2.21. The molecule has 2 rings (SSSR count). The van der Waals surface area contributed by atoms with Gasteiger partial charge in [0.15, 0.2) is 0 Å². The van der Waals surface area contributed by atoms with Gasteiger partial charge in [-0.2, -0.15) is 0 Å². The molecule has 0 aliphatic heterocycles. The van der Waals surface area contributed by atoms with Gasteiger partial charge in [-0.05, 0) is 49.2 Å². The Bertz CT molecular complexity index is 847. The topological polar surface area (TPSA) is 95.5 Å². The second kappa shape index (κ2) is 7.46. The summed E-state index contributed by atoms with van der Waals surface area (Å²) >= 11 is 0. The monoisotopic (exact) mass is 348 g/mol. The van der Waals surface area contributed by atoms with E-state index in [1.165, 1.54) is 6.07 Å². The molecule has 2 aromatic carbocycles. The highest BCUT2D eigenvalue weighted by Gasteiger charge is 2.19. The van der Waals surface area contributed by atoms with E-state index in [1.54, 1.807) is 37.3 Å². The number of nitrogens with one attached hydrogen (secondary N) is 2. The SMILES string of the molecule is Cc1cccc(NS(=O)(=O)c2cc(C(=O)NCCO)ccc2C)c1. The Labute approximate surface area is 141 Å². The lowest BCUT2D eigenvalue weighted by Gasteiger charge is -2.12. The molecule has 3 N–H and O–H groups in total. The zero-order valence-corrected chi connectivity index (χ0v) is 14.4. The van der Waals surface area contributed by atoms with Crippen molar-refractivity contribution in [2.75, 3.05) is 17.9 Å². The predicted molar refractivity (Wildman–Crippen MR) is 92.6 cm³/mol. The van der Waals surface area contributed by atoms with Gasteiger partial charge in [-0.3, -0.25) is 9.52 Å². The second-order valence-electron chi connectivity index (χ2n) is 5.43. The zero-order valence-electron chi connectivity index (χ0n) is 13.5. The third-order valence-electron chi connectivity index (χ3n) is 3.41. The summed E-state index contributed by atoms with van der Waals surface area (Å²) in [4.78, 5) is 12.0. The molecule has 0 bridgehead atoms. The van der Waals surface area contributed by atoms with Crippen LogP contribution >= 0.6 is 0 Å². The summed E-state index contributed by atoms with van der Waals surface area (Å²) in [5.41, 5.74) is 2.15. The summed E-state index contributed by atoms with van der Waals surface area (Å²) in [5, 5.41) is 11.3. The van der Waals surface area contributed by atoms with Crippen LogP contribution < -0.4 is 10.0 Å². The first kappa shape index (κ1) is 18.0. The Morgan fingerprint density at radius 1 is 1.12 bits per heavy atom. The van der Waals surface area contributed by atoms with Crippen LogP contribution in [0.5, 0.6) is 0 Å². The molecule has 0 radical (unpaired) electrons. The summed E-state index contributed by atoms with van der Waals surface area (Å²) < 4.78 is 27.8. The highest BCUT2D eigenvalue weighted by molar-refractivity contribution is 7.92. The quantitative estimate of drug-likeness (QED) is 0.742. The van der Waals surface area contributed by atoms with Gasteiger partial charge in [-0.1, -0.05) is 18.2 Å². The number of aliphatic hydroxyl groups excluding tert-OH is 1. The zero-order chi connectivity index (χ0) is 17.7. The van der Waals surface area contributed by atoms with E-state index in [0.717, 1.165) is 5.56 Å². The van der Waals surface area contributed by atoms with Crippen LogP contribution in [0.4, 0.5) is 5.69 Å². The number of benzene rings is 2. The smallest absolute Gasteiger partial charge is 0.262 e. The largest absolute Gasteiger partial charge is 0.395 e. The highest BCUT2D eigenvalue weighted by atomic mass is 32.2. The molecule has 2 aromatic rings. The van der Waals surface area contributed by atoms with Crippen LogP contribution in [0.2, 0.25) is 0 Å². The Hall–Kier alpha value is -2.38. The van der Waals surface area contributed by atoms with Crippen molar-refractivity contribution in [1.29, 1.82) is 0 Å². The molecule has 1 amide bonds. The molecule has 0 heterocycles. The molecule has 0 unspecified atom stereocenters. The van der Waals surface area contributed by atoms with E-state index in [4.69, 9.17) is 5.11 Å². The average molecular weight is 348 g/mol. The Morgan fingerprint density at radius 2 is 1.88 bits per heavy atom. The molecular formula is C17H20N2O4S. The number of carbonyl (C=O) groups is 1. The van der Waals surface area contributed by atoms with Crippen molar-refractivity contribution in [3.63, 3.8) is 0 Å². The van der Waals surface area contributed by atoms with Crippen molar-refractivity contribution >= 4 is 21.6 Å². The van der Waals surface area contributed by atoms with Crippen molar-refractivity contribution in [1.82, 2.24) is 5.32 Å². The fourth-order valence-electron chi connectivity index (χ4n) is 2.22. The van der Waals surface area contributed by atoms with Gasteiger partial charge < -0.3 is 10.4 Å². The van der Waals surface area contributed by atoms with Gasteiger partial charge in [0.05, 0.1) is 11.5 Å². The molecule has 0 aliphatic rings. The van der Waals surface area contributed by atoms with Crippen LogP contribution in [0.15, 0.2) is 47.4 Å². The molecular weight excluding hydrogens is 328 g/mol. The van der Waals surface area contributed by atoms with Crippen molar-refractivity contribution in [3.8, 4) is 0 Å². The lowest BCUT2D eigenvalue weighted by molar-refractivity contribution is 0.0944. The third kappa shape index (κ3) is 4.33.